The number of fused-ring (bicyclic) bond motifs is 12. The average Bonchev–Trinajstić information content (AvgIpc) is 3.50. The number of hydrogen-bond acceptors (Lipinski definition) is 0. The van der Waals surface area contributed by atoms with Gasteiger partial charge < -0.3 is 0 Å². The first kappa shape index (κ1) is 27.6. The molecular weight excluding hydrogens is 577 g/mol. The Balaban J connectivity index is 1.12. The van der Waals surface area contributed by atoms with Gasteiger partial charge in [0.05, 0.1) is 0 Å². The lowest BCUT2D eigenvalue weighted by Crippen LogP contribution is -2.14. The Morgan fingerprint density at radius 1 is 0.271 bits per heavy atom. The Hall–Kier alpha value is -5.46. The molecule has 0 nitrogen and oxygen atoms in total. The van der Waals surface area contributed by atoms with E-state index in [0.29, 0.717) is 0 Å². The maximum Gasteiger partial charge on any atom is 0.0159 e. The number of benzene rings is 8. The molecule has 0 N–H and O–H groups in total. The van der Waals surface area contributed by atoms with Crippen LogP contribution in [0.5, 0.6) is 0 Å². The van der Waals surface area contributed by atoms with Gasteiger partial charge in [0.15, 0.2) is 0 Å². The predicted molar refractivity (Wildman–Crippen MR) is 205 cm³/mol. The van der Waals surface area contributed by atoms with Crippen molar-refractivity contribution < 1.29 is 0 Å². The Morgan fingerprint density at radius 3 is 1.06 bits per heavy atom. The van der Waals surface area contributed by atoms with Gasteiger partial charge in [-0.2, -0.15) is 0 Å². The van der Waals surface area contributed by atoms with Gasteiger partial charge in [-0.25, -0.2) is 0 Å². The van der Waals surface area contributed by atoms with Gasteiger partial charge in [0, 0.05) is 10.8 Å². The molecule has 0 heteroatoms. The second-order valence-corrected chi connectivity index (χ2v) is 14.9. The number of hydrogen-bond donors (Lipinski definition) is 0. The van der Waals surface area contributed by atoms with E-state index in [2.05, 4.69) is 173 Å². The zero-order valence-electron chi connectivity index (χ0n) is 27.9. The lowest BCUT2D eigenvalue weighted by atomic mass is 9.81. The van der Waals surface area contributed by atoms with Gasteiger partial charge in [0.1, 0.15) is 0 Å². The van der Waals surface area contributed by atoms with E-state index in [1.165, 1.54) is 99.1 Å². The van der Waals surface area contributed by atoms with Crippen molar-refractivity contribution in [3.63, 3.8) is 0 Å². The zero-order valence-corrected chi connectivity index (χ0v) is 27.9. The van der Waals surface area contributed by atoms with Crippen LogP contribution in [0.25, 0.3) is 76.8 Å². The summed E-state index contributed by atoms with van der Waals surface area (Å²) in [4.78, 5) is 0. The van der Waals surface area contributed by atoms with Crippen LogP contribution in [0.1, 0.15) is 49.9 Å². The average molecular weight is 613 g/mol. The molecule has 48 heavy (non-hydrogen) atoms. The van der Waals surface area contributed by atoms with Crippen LogP contribution in [0.2, 0.25) is 0 Å². The Kier molecular flexibility index (Phi) is 5.50. The fourth-order valence-electron chi connectivity index (χ4n) is 9.08. The smallest absolute Gasteiger partial charge is 0.0159 e. The van der Waals surface area contributed by atoms with Crippen molar-refractivity contribution in [3.05, 3.63) is 168 Å². The van der Waals surface area contributed by atoms with Crippen molar-refractivity contribution in [1.82, 2.24) is 0 Å². The van der Waals surface area contributed by atoms with Gasteiger partial charge in [-0.1, -0.05) is 149 Å². The first-order chi connectivity index (χ1) is 23.3. The van der Waals surface area contributed by atoms with Gasteiger partial charge in [-0.3, -0.25) is 0 Å². The molecule has 0 saturated carbocycles. The van der Waals surface area contributed by atoms with Crippen LogP contribution in [-0.2, 0) is 10.8 Å². The maximum atomic E-state index is 2.43. The molecule has 0 atom stereocenters. The van der Waals surface area contributed by atoms with Crippen molar-refractivity contribution in [3.8, 4) is 44.5 Å². The highest BCUT2D eigenvalue weighted by Gasteiger charge is 2.36. The SMILES string of the molecule is CC1(C)c2ccccc2-c2ccc(-c3ccc4c5ccc(-c6ccc7c(c6)C(C)(C)c6ccccc6-7)cc5c5ccccc5c4c3)cc21. The van der Waals surface area contributed by atoms with E-state index >= 15 is 0 Å². The molecule has 8 aromatic rings. The summed E-state index contributed by atoms with van der Waals surface area (Å²) in [6.45, 7) is 9.44. The molecule has 0 heterocycles. The molecule has 0 spiro atoms. The van der Waals surface area contributed by atoms with Crippen LogP contribution in [0, 0.1) is 0 Å². The van der Waals surface area contributed by atoms with E-state index in [-0.39, 0.29) is 10.8 Å². The standard InChI is InChI=1S/C48H36/c1-47(2)43-15-9-7-13-37(43)39-23-19-31(27-45(39)47)29-17-21-35-36-22-18-30(26-42(36)34-12-6-5-11-33(34)41(35)25-29)32-20-24-40-38-14-8-10-16-44(38)48(3,4)46(40)28-32/h5-28H,1-4H3. The second kappa shape index (κ2) is 9.55. The highest BCUT2D eigenvalue weighted by molar-refractivity contribution is 6.26. The van der Waals surface area contributed by atoms with Crippen LogP contribution in [0.3, 0.4) is 0 Å². The van der Waals surface area contributed by atoms with Crippen molar-refractivity contribution in [2.75, 3.05) is 0 Å². The molecule has 0 radical (unpaired) electrons. The summed E-state index contributed by atoms with van der Waals surface area (Å²) in [6, 6.07) is 55.1. The van der Waals surface area contributed by atoms with Crippen molar-refractivity contribution in [1.29, 1.82) is 0 Å². The lowest BCUT2D eigenvalue weighted by Gasteiger charge is -2.22. The molecule has 0 aliphatic heterocycles. The zero-order chi connectivity index (χ0) is 32.4. The maximum absolute atomic E-state index is 2.43. The topological polar surface area (TPSA) is 0 Å². The predicted octanol–water partition coefficient (Wildman–Crippen LogP) is 13.1. The van der Waals surface area contributed by atoms with Crippen LogP contribution in [-0.4, -0.2) is 0 Å². The number of rotatable bonds is 2. The largest absolute Gasteiger partial charge is 0.0619 e. The Labute approximate surface area is 282 Å². The first-order valence-corrected chi connectivity index (χ1v) is 17.2. The molecule has 8 aromatic carbocycles. The molecule has 2 aliphatic carbocycles. The lowest BCUT2D eigenvalue weighted by molar-refractivity contribution is 0.660. The summed E-state index contributed by atoms with van der Waals surface area (Å²) in [7, 11) is 0. The van der Waals surface area contributed by atoms with Crippen LogP contribution >= 0.6 is 0 Å². The van der Waals surface area contributed by atoms with E-state index < -0.39 is 0 Å². The van der Waals surface area contributed by atoms with E-state index in [1.54, 1.807) is 0 Å². The minimum Gasteiger partial charge on any atom is -0.0619 e. The fraction of sp³-hybridized carbons (Fsp3) is 0.125. The molecule has 10 rings (SSSR count). The monoisotopic (exact) mass is 612 g/mol. The Bertz CT molecular complexity index is 2460. The van der Waals surface area contributed by atoms with Gasteiger partial charge in [-0.05, 0) is 123 Å². The normalized spacial score (nSPS) is 15.0. The molecule has 0 bridgehead atoms. The molecule has 0 aromatic heterocycles. The van der Waals surface area contributed by atoms with Crippen molar-refractivity contribution >= 4 is 32.3 Å². The second-order valence-electron chi connectivity index (χ2n) is 14.9. The summed E-state index contributed by atoms with van der Waals surface area (Å²) < 4.78 is 0. The molecule has 228 valence electrons. The van der Waals surface area contributed by atoms with E-state index in [1.807, 2.05) is 0 Å². The molecular formula is C48H36. The summed E-state index contributed by atoms with van der Waals surface area (Å²) in [5.74, 6) is 0. The summed E-state index contributed by atoms with van der Waals surface area (Å²) in [5.41, 5.74) is 16.2. The van der Waals surface area contributed by atoms with Gasteiger partial charge in [0.25, 0.3) is 0 Å². The molecule has 0 saturated heterocycles. The van der Waals surface area contributed by atoms with E-state index in [9.17, 15) is 0 Å². The summed E-state index contributed by atoms with van der Waals surface area (Å²) >= 11 is 0. The first-order valence-electron chi connectivity index (χ1n) is 17.2. The van der Waals surface area contributed by atoms with E-state index in [4.69, 9.17) is 0 Å². The highest BCUT2D eigenvalue weighted by atomic mass is 14.4. The molecule has 2 aliphatic rings. The third-order valence-electron chi connectivity index (χ3n) is 11.7. The quantitative estimate of drug-likeness (QED) is 0.170. The molecule has 0 fully saturated rings. The fourth-order valence-corrected chi connectivity index (χ4v) is 9.08. The van der Waals surface area contributed by atoms with Gasteiger partial charge >= 0.3 is 0 Å². The van der Waals surface area contributed by atoms with Gasteiger partial charge in [0.2, 0.25) is 0 Å². The molecule has 0 amide bonds. The minimum atomic E-state index is -0.0159. The Morgan fingerprint density at radius 2 is 0.604 bits per heavy atom. The molecule has 0 unspecified atom stereocenters. The third kappa shape index (κ3) is 3.66. The minimum absolute atomic E-state index is 0.0159. The highest BCUT2D eigenvalue weighted by Crippen LogP contribution is 2.51. The van der Waals surface area contributed by atoms with E-state index in [0.717, 1.165) is 0 Å². The van der Waals surface area contributed by atoms with Crippen LogP contribution in [0.15, 0.2) is 146 Å². The van der Waals surface area contributed by atoms with Crippen molar-refractivity contribution in [2.24, 2.45) is 0 Å². The van der Waals surface area contributed by atoms with Crippen molar-refractivity contribution in [2.45, 2.75) is 38.5 Å². The third-order valence-corrected chi connectivity index (χ3v) is 11.7. The van der Waals surface area contributed by atoms with Gasteiger partial charge in [-0.15, -0.1) is 0 Å². The van der Waals surface area contributed by atoms with Crippen LogP contribution in [0.4, 0.5) is 0 Å². The summed E-state index contributed by atoms with van der Waals surface area (Å²) in [6.07, 6.45) is 0. The summed E-state index contributed by atoms with van der Waals surface area (Å²) in [5, 5.41) is 7.83. The van der Waals surface area contributed by atoms with Crippen LogP contribution < -0.4 is 0 Å².